The first-order valence-corrected chi connectivity index (χ1v) is 11.8. The number of likely N-dealkylation sites (tertiary alicyclic amines) is 1. The molecule has 1 fully saturated rings. The molecule has 180 valence electrons. The number of carbonyl (C=O) groups excluding carboxylic acids is 1. The van der Waals surface area contributed by atoms with Crippen LogP contribution in [-0.4, -0.2) is 55.7 Å². The van der Waals surface area contributed by atoms with Crippen molar-refractivity contribution in [2.45, 2.75) is 53.6 Å². The number of hydrogen-bond donors (Lipinski definition) is 2. The second kappa shape index (κ2) is 9.79. The molecule has 0 saturated carbocycles. The van der Waals surface area contributed by atoms with Crippen LogP contribution in [0.5, 0.6) is 5.88 Å². The molecule has 34 heavy (non-hydrogen) atoms. The summed E-state index contributed by atoms with van der Waals surface area (Å²) in [6.07, 6.45) is 3.85. The number of pyridine rings is 1. The average molecular weight is 464 g/mol. The number of aromatic amines is 1. The van der Waals surface area contributed by atoms with Gasteiger partial charge in [-0.05, 0) is 67.0 Å². The molecule has 1 aromatic carbocycles. The molecule has 3 heterocycles. The van der Waals surface area contributed by atoms with Gasteiger partial charge in [-0.1, -0.05) is 26.8 Å². The number of benzene rings is 1. The number of nitrogens with one attached hydrogen (secondary N) is 2. The summed E-state index contributed by atoms with van der Waals surface area (Å²) >= 11 is 0. The fourth-order valence-corrected chi connectivity index (χ4v) is 4.34. The molecule has 4 rings (SSSR count). The molecule has 9 nitrogen and oxygen atoms in total. The minimum absolute atomic E-state index is 0.0513. The number of nitrogens with zero attached hydrogens (tertiary/aromatic N) is 5. The monoisotopic (exact) mass is 463 g/mol. The lowest BCUT2D eigenvalue weighted by molar-refractivity contribution is 0.128. The van der Waals surface area contributed by atoms with Crippen LogP contribution in [0.1, 0.15) is 47.5 Å². The zero-order chi connectivity index (χ0) is 24.3. The van der Waals surface area contributed by atoms with E-state index in [1.165, 1.54) is 0 Å². The number of H-pyrrole nitrogens is 1. The third kappa shape index (κ3) is 5.52. The van der Waals surface area contributed by atoms with Crippen molar-refractivity contribution in [1.82, 2.24) is 30.5 Å². The minimum Gasteiger partial charge on any atom is -0.475 e. The van der Waals surface area contributed by atoms with Crippen LogP contribution < -0.4 is 10.1 Å². The van der Waals surface area contributed by atoms with Gasteiger partial charge in [0, 0.05) is 42.2 Å². The van der Waals surface area contributed by atoms with Crippen LogP contribution in [0.4, 0.5) is 10.5 Å². The Hall–Kier alpha value is -3.49. The molecular weight excluding hydrogens is 430 g/mol. The molecule has 0 spiro atoms. The fraction of sp³-hybridized carbons (Fsp3) is 0.480. The molecule has 0 aliphatic carbocycles. The molecule has 1 saturated heterocycles. The average Bonchev–Trinajstić information content (AvgIpc) is 3.34. The summed E-state index contributed by atoms with van der Waals surface area (Å²) in [5.74, 6) is 1.64. The molecule has 0 bridgehead atoms. The van der Waals surface area contributed by atoms with Crippen LogP contribution in [0.25, 0.3) is 22.5 Å². The number of tetrazole rings is 1. The maximum atomic E-state index is 12.9. The summed E-state index contributed by atoms with van der Waals surface area (Å²) < 4.78 is 5.65. The molecule has 0 unspecified atom stereocenters. The smallest absolute Gasteiger partial charge is 0.321 e. The Morgan fingerprint density at radius 2 is 1.91 bits per heavy atom. The highest BCUT2D eigenvalue weighted by molar-refractivity contribution is 5.92. The van der Waals surface area contributed by atoms with E-state index >= 15 is 0 Å². The maximum absolute atomic E-state index is 12.9. The van der Waals surface area contributed by atoms with Gasteiger partial charge in [-0.3, -0.25) is 0 Å². The minimum atomic E-state index is -0.0870. The fourth-order valence-electron chi connectivity index (χ4n) is 4.34. The Balaban J connectivity index is 1.53. The van der Waals surface area contributed by atoms with Gasteiger partial charge in [0.2, 0.25) is 11.7 Å². The number of amides is 2. The van der Waals surface area contributed by atoms with Crippen molar-refractivity contribution in [3.8, 4) is 28.4 Å². The van der Waals surface area contributed by atoms with E-state index in [4.69, 9.17) is 4.74 Å². The lowest BCUT2D eigenvalue weighted by Crippen LogP contribution is -2.43. The van der Waals surface area contributed by atoms with Crippen LogP contribution in [0.2, 0.25) is 0 Å². The van der Waals surface area contributed by atoms with Crippen molar-refractivity contribution in [2.24, 2.45) is 11.3 Å². The molecule has 2 N–H and O–H groups in total. The van der Waals surface area contributed by atoms with Gasteiger partial charge in [-0.15, -0.1) is 10.2 Å². The molecule has 1 aliphatic rings. The zero-order valence-electron chi connectivity index (χ0n) is 20.5. The van der Waals surface area contributed by atoms with Crippen LogP contribution in [0.15, 0.2) is 36.5 Å². The van der Waals surface area contributed by atoms with Gasteiger partial charge in [-0.25, -0.2) is 9.78 Å². The summed E-state index contributed by atoms with van der Waals surface area (Å²) in [5, 5.41) is 17.6. The number of aromatic nitrogens is 5. The lowest BCUT2D eigenvalue weighted by Gasteiger charge is -2.38. The molecule has 0 atom stereocenters. The van der Waals surface area contributed by atoms with Crippen LogP contribution in [-0.2, 0) is 0 Å². The number of piperidine rings is 1. The first-order chi connectivity index (χ1) is 16.2. The van der Waals surface area contributed by atoms with Gasteiger partial charge >= 0.3 is 6.03 Å². The van der Waals surface area contributed by atoms with Gasteiger partial charge in [0.25, 0.3) is 0 Å². The molecule has 2 aromatic heterocycles. The number of rotatable bonds is 5. The summed E-state index contributed by atoms with van der Waals surface area (Å²) in [6, 6.07) is 9.40. The third-order valence-corrected chi connectivity index (χ3v) is 6.27. The van der Waals surface area contributed by atoms with E-state index in [0.717, 1.165) is 42.6 Å². The molecular formula is C25H33N7O2. The number of urea groups is 1. The Bertz CT molecular complexity index is 1100. The van der Waals surface area contributed by atoms with Crippen molar-refractivity contribution in [1.29, 1.82) is 0 Å². The van der Waals surface area contributed by atoms with Crippen molar-refractivity contribution >= 4 is 11.7 Å². The Labute approximate surface area is 200 Å². The number of carbonyl (C=O) groups is 1. The maximum Gasteiger partial charge on any atom is 0.321 e. The van der Waals surface area contributed by atoms with Gasteiger partial charge in [0.1, 0.15) is 0 Å². The van der Waals surface area contributed by atoms with Gasteiger partial charge in [0.05, 0.1) is 6.10 Å². The van der Waals surface area contributed by atoms with Crippen molar-refractivity contribution in [3.63, 3.8) is 0 Å². The normalized spacial score (nSPS) is 14.9. The molecule has 9 heteroatoms. The predicted molar refractivity (Wildman–Crippen MR) is 131 cm³/mol. The van der Waals surface area contributed by atoms with Crippen molar-refractivity contribution in [2.75, 3.05) is 18.4 Å². The zero-order valence-corrected chi connectivity index (χ0v) is 20.5. The van der Waals surface area contributed by atoms with Gasteiger partial charge in [0.15, 0.2) is 0 Å². The van der Waals surface area contributed by atoms with Crippen LogP contribution >= 0.6 is 0 Å². The van der Waals surface area contributed by atoms with Crippen molar-refractivity contribution < 1.29 is 9.53 Å². The van der Waals surface area contributed by atoms with E-state index in [2.05, 4.69) is 51.7 Å². The van der Waals surface area contributed by atoms with Gasteiger partial charge in [-0.2, -0.15) is 5.21 Å². The molecule has 2 amide bonds. The Morgan fingerprint density at radius 3 is 2.50 bits per heavy atom. The SMILES string of the molecule is CC(C)Oc1ccc(-c2ccc(NC(=O)N3CCC(C(C)(C)C)CC3)cc2-c2nn[nH]n2)cn1. The molecule has 3 aromatic rings. The van der Waals surface area contributed by atoms with E-state index in [0.29, 0.717) is 23.3 Å². The first kappa shape index (κ1) is 23.7. The first-order valence-electron chi connectivity index (χ1n) is 11.8. The van der Waals surface area contributed by atoms with E-state index < -0.39 is 0 Å². The highest BCUT2D eigenvalue weighted by atomic mass is 16.5. The highest BCUT2D eigenvalue weighted by Crippen LogP contribution is 2.35. The van der Waals surface area contributed by atoms with Gasteiger partial charge < -0.3 is 15.0 Å². The third-order valence-electron chi connectivity index (χ3n) is 6.27. The number of anilines is 1. The van der Waals surface area contributed by atoms with E-state index in [1.807, 2.05) is 49.1 Å². The van der Waals surface area contributed by atoms with Crippen LogP contribution in [0, 0.1) is 11.3 Å². The summed E-state index contributed by atoms with van der Waals surface area (Å²) in [4.78, 5) is 19.2. The Kier molecular flexibility index (Phi) is 6.81. The molecule has 0 radical (unpaired) electrons. The predicted octanol–water partition coefficient (Wildman–Crippen LogP) is 5.01. The second-order valence-corrected chi connectivity index (χ2v) is 10.1. The quantitative estimate of drug-likeness (QED) is 0.551. The molecule has 1 aliphatic heterocycles. The van der Waals surface area contributed by atoms with E-state index in [9.17, 15) is 4.79 Å². The summed E-state index contributed by atoms with van der Waals surface area (Å²) in [6.45, 7) is 12.3. The standard InChI is InChI=1S/C25H33N7O2/c1-16(2)34-22-9-6-17(15-26-22)20-8-7-19(14-21(20)23-28-30-31-29-23)27-24(33)32-12-10-18(11-13-32)25(3,4)5/h6-9,14-16,18H,10-13H2,1-5H3,(H,27,33)(H,28,29,30,31). The highest BCUT2D eigenvalue weighted by Gasteiger charge is 2.30. The summed E-state index contributed by atoms with van der Waals surface area (Å²) in [7, 11) is 0. The Morgan fingerprint density at radius 1 is 1.15 bits per heavy atom. The van der Waals surface area contributed by atoms with Crippen LogP contribution in [0.3, 0.4) is 0 Å². The van der Waals surface area contributed by atoms with Crippen molar-refractivity contribution in [3.05, 3.63) is 36.5 Å². The topological polar surface area (TPSA) is 109 Å². The summed E-state index contributed by atoms with van der Waals surface area (Å²) in [5.41, 5.74) is 3.47. The van der Waals surface area contributed by atoms with E-state index in [-0.39, 0.29) is 17.6 Å². The second-order valence-electron chi connectivity index (χ2n) is 10.1. The largest absolute Gasteiger partial charge is 0.475 e. The number of ether oxygens (including phenoxy) is 1. The number of hydrogen-bond acceptors (Lipinski definition) is 6. The lowest BCUT2D eigenvalue weighted by atomic mass is 9.75. The van der Waals surface area contributed by atoms with E-state index in [1.54, 1.807) is 6.20 Å².